The third-order valence-electron chi connectivity index (χ3n) is 4.02. The third kappa shape index (κ3) is 3.56. The summed E-state index contributed by atoms with van der Waals surface area (Å²) in [5.41, 5.74) is 1.07. The maximum atomic E-state index is 12.4. The molecule has 1 aromatic carbocycles. The van der Waals surface area contributed by atoms with Crippen molar-refractivity contribution in [2.45, 2.75) is 13.3 Å². The molecule has 1 fully saturated rings. The van der Waals surface area contributed by atoms with E-state index in [2.05, 4.69) is 5.16 Å². The van der Waals surface area contributed by atoms with Crippen molar-refractivity contribution in [3.05, 3.63) is 47.3 Å². The highest BCUT2D eigenvalue weighted by Crippen LogP contribution is 2.15. The van der Waals surface area contributed by atoms with E-state index in [1.54, 1.807) is 34.9 Å². The summed E-state index contributed by atoms with van der Waals surface area (Å²) >= 11 is 0. The second kappa shape index (κ2) is 6.74. The molecule has 7 nitrogen and oxygen atoms in total. The molecule has 1 aliphatic rings. The first-order valence-electron chi connectivity index (χ1n) is 7.81. The third-order valence-corrected chi connectivity index (χ3v) is 4.02. The normalized spacial score (nSPS) is 14.7. The van der Waals surface area contributed by atoms with Gasteiger partial charge in [0.15, 0.2) is 0 Å². The van der Waals surface area contributed by atoms with Gasteiger partial charge in [-0.1, -0.05) is 11.2 Å². The first-order valence-corrected chi connectivity index (χ1v) is 7.81. The van der Waals surface area contributed by atoms with Crippen molar-refractivity contribution in [3.63, 3.8) is 0 Å². The fourth-order valence-electron chi connectivity index (χ4n) is 2.75. The van der Waals surface area contributed by atoms with Gasteiger partial charge in [-0.25, -0.2) is 0 Å². The molecule has 1 N–H and O–H groups in total. The second-order valence-electron chi connectivity index (χ2n) is 5.83. The lowest BCUT2D eigenvalue weighted by Crippen LogP contribution is -2.51. The molecule has 2 heterocycles. The van der Waals surface area contributed by atoms with Crippen molar-refractivity contribution in [3.8, 4) is 5.75 Å². The van der Waals surface area contributed by atoms with E-state index in [0.29, 0.717) is 43.2 Å². The SMILES string of the molecule is Cc1cc(CC(=O)N2CCN(C(=O)c3cccc(O)c3)CC2)no1. The van der Waals surface area contributed by atoms with Crippen LogP contribution in [-0.4, -0.2) is 58.1 Å². The molecule has 0 unspecified atom stereocenters. The summed E-state index contributed by atoms with van der Waals surface area (Å²) in [6.45, 7) is 3.70. The van der Waals surface area contributed by atoms with Gasteiger partial charge in [-0.2, -0.15) is 0 Å². The fourth-order valence-corrected chi connectivity index (χ4v) is 2.75. The van der Waals surface area contributed by atoms with Crippen molar-refractivity contribution in [1.82, 2.24) is 15.0 Å². The lowest BCUT2D eigenvalue weighted by molar-refractivity contribution is -0.132. The lowest BCUT2D eigenvalue weighted by atomic mass is 10.1. The Hall–Kier alpha value is -2.83. The van der Waals surface area contributed by atoms with Crippen LogP contribution in [0, 0.1) is 6.92 Å². The number of phenols is 1. The van der Waals surface area contributed by atoms with Crippen LogP contribution >= 0.6 is 0 Å². The number of phenolic OH excluding ortho intramolecular Hbond substituents is 1. The standard InChI is InChI=1S/C17H19N3O4/c1-12-9-14(18-24-12)11-16(22)19-5-7-20(8-6-19)17(23)13-3-2-4-15(21)10-13/h2-4,9-10,21H,5-8,11H2,1H3. The van der Waals surface area contributed by atoms with Crippen LogP contribution in [0.5, 0.6) is 5.75 Å². The number of nitrogens with zero attached hydrogens (tertiary/aromatic N) is 3. The summed E-state index contributed by atoms with van der Waals surface area (Å²) in [5, 5.41) is 13.3. The molecule has 1 saturated heterocycles. The number of aromatic nitrogens is 1. The monoisotopic (exact) mass is 329 g/mol. The molecule has 1 aromatic heterocycles. The molecule has 0 bridgehead atoms. The minimum Gasteiger partial charge on any atom is -0.508 e. The Morgan fingerprint density at radius 3 is 2.50 bits per heavy atom. The van der Waals surface area contributed by atoms with Crippen molar-refractivity contribution in [2.75, 3.05) is 26.2 Å². The van der Waals surface area contributed by atoms with Crippen LogP contribution in [0.1, 0.15) is 21.8 Å². The van der Waals surface area contributed by atoms with Crippen LogP contribution in [0.3, 0.4) is 0 Å². The van der Waals surface area contributed by atoms with Gasteiger partial charge in [0.25, 0.3) is 5.91 Å². The number of aryl methyl sites for hydroxylation is 1. The van der Waals surface area contributed by atoms with Crippen LogP contribution in [0.15, 0.2) is 34.9 Å². The minimum atomic E-state index is -0.134. The molecule has 24 heavy (non-hydrogen) atoms. The van der Waals surface area contributed by atoms with E-state index in [1.807, 2.05) is 0 Å². The molecule has 2 aromatic rings. The summed E-state index contributed by atoms with van der Waals surface area (Å²) in [5.74, 6) is 0.592. The molecule has 7 heteroatoms. The summed E-state index contributed by atoms with van der Waals surface area (Å²) in [6.07, 6.45) is 0.206. The second-order valence-corrected chi connectivity index (χ2v) is 5.83. The number of aromatic hydroxyl groups is 1. The highest BCUT2D eigenvalue weighted by Gasteiger charge is 2.25. The lowest BCUT2D eigenvalue weighted by Gasteiger charge is -2.34. The van der Waals surface area contributed by atoms with Gasteiger partial charge in [-0.15, -0.1) is 0 Å². The van der Waals surface area contributed by atoms with Gasteiger partial charge < -0.3 is 19.4 Å². The molecule has 126 valence electrons. The molecular formula is C17H19N3O4. The molecule has 0 radical (unpaired) electrons. The average molecular weight is 329 g/mol. The number of carbonyl (C=O) groups is 2. The van der Waals surface area contributed by atoms with E-state index in [0.717, 1.165) is 0 Å². The van der Waals surface area contributed by atoms with Gasteiger partial charge in [0.05, 0.1) is 12.1 Å². The van der Waals surface area contributed by atoms with Crippen LogP contribution < -0.4 is 0 Å². The van der Waals surface area contributed by atoms with Crippen LogP contribution in [0.2, 0.25) is 0 Å². The smallest absolute Gasteiger partial charge is 0.254 e. The summed E-state index contributed by atoms with van der Waals surface area (Å²) in [4.78, 5) is 28.1. The van der Waals surface area contributed by atoms with E-state index in [9.17, 15) is 14.7 Å². The zero-order valence-corrected chi connectivity index (χ0v) is 13.4. The van der Waals surface area contributed by atoms with Gasteiger partial charge >= 0.3 is 0 Å². The van der Waals surface area contributed by atoms with Crippen LogP contribution in [-0.2, 0) is 11.2 Å². The Balaban J connectivity index is 1.55. The van der Waals surface area contributed by atoms with Gasteiger partial charge in [-0.05, 0) is 25.1 Å². The summed E-state index contributed by atoms with van der Waals surface area (Å²) in [7, 11) is 0. The highest BCUT2D eigenvalue weighted by atomic mass is 16.5. The van der Waals surface area contributed by atoms with E-state index in [-0.39, 0.29) is 24.0 Å². The number of hydrogen-bond donors (Lipinski definition) is 1. The molecule has 0 atom stereocenters. The number of rotatable bonds is 3. The molecule has 0 saturated carbocycles. The van der Waals surface area contributed by atoms with Crippen molar-refractivity contribution < 1.29 is 19.2 Å². The van der Waals surface area contributed by atoms with E-state index >= 15 is 0 Å². The maximum Gasteiger partial charge on any atom is 0.254 e. The predicted octanol–water partition coefficient (Wildman–Crippen LogP) is 1.22. The summed E-state index contributed by atoms with van der Waals surface area (Å²) in [6, 6.07) is 8.04. The van der Waals surface area contributed by atoms with Crippen molar-refractivity contribution in [1.29, 1.82) is 0 Å². The number of amides is 2. The molecule has 3 rings (SSSR count). The Morgan fingerprint density at radius 2 is 1.88 bits per heavy atom. The first kappa shape index (κ1) is 16.0. The largest absolute Gasteiger partial charge is 0.508 e. The topological polar surface area (TPSA) is 86.9 Å². The van der Waals surface area contributed by atoms with Crippen molar-refractivity contribution >= 4 is 11.8 Å². The molecule has 0 aliphatic carbocycles. The molecule has 0 spiro atoms. The zero-order valence-electron chi connectivity index (χ0n) is 13.4. The minimum absolute atomic E-state index is 0.0206. The van der Waals surface area contributed by atoms with E-state index in [1.165, 1.54) is 12.1 Å². The Morgan fingerprint density at radius 1 is 1.17 bits per heavy atom. The number of hydrogen-bond acceptors (Lipinski definition) is 5. The predicted molar refractivity (Wildman–Crippen MR) is 85.5 cm³/mol. The Bertz CT molecular complexity index is 748. The number of piperazine rings is 1. The number of carbonyl (C=O) groups excluding carboxylic acids is 2. The van der Waals surface area contributed by atoms with Gasteiger partial charge in [0, 0.05) is 37.8 Å². The van der Waals surface area contributed by atoms with Gasteiger partial charge in [-0.3, -0.25) is 9.59 Å². The average Bonchev–Trinajstić information content (AvgIpc) is 2.99. The van der Waals surface area contributed by atoms with Crippen LogP contribution in [0.25, 0.3) is 0 Å². The van der Waals surface area contributed by atoms with E-state index < -0.39 is 0 Å². The van der Waals surface area contributed by atoms with Gasteiger partial charge in [0.2, 0.25) is 5.91 Å². The zero-order chi connectivity index (χ0) is 17.1. The van der Waals surface area contributed by atoms with E-state index in [4.69, 9.17) is 4.52 Å². The Labute approximate surface area is 139 Å². The number of benzene rings is 1. The molecule has 2 amide bonds. The Kier molecular flexibility index (Phi) is 4.50. The van der Waals surface area contributed by atoms with Gasteiger partial charge in [0.1, 0.15) is 11.5 Å². The van der Waals surface area contributed by atoms with Crippen molar-refractivity contribution in [2.24, 2.45) is 0 Å². The first-order chi connectivity index (χ1) is 11.5. The van der Waals surface area contributed by atoms with Crippen LogP contribution in [0.4, 0.5) is 0 Å². The maximum absolute atomic E-state index is 12.4. The highest BCUT2D eigenvalue weighted by molar-refractivity contribution is 5.94. The molecule has 1 aliphatic heterocycles. The fraction of sp³-hybridized carbons (Fsp3) is 0.353. The molecular weight excluding hydrogens is 310 g/mol. The quantitative estimate of drug-likeness (QED) is 0.915. The summed E-state index contributed by atoms with van der Waals surface area (Å²) < 4.78 is 4.97.